The van der Waals surface area contributed by atoms with Crippen LogP contribution >= 0.6 is 23.2 Å². The van der Waals surface area contributed by atoms with Crippen molar-refractivity contribution in [1.82, 2.24) is 10.6 Å². The maximum absolute atomic E-state index is 11.8. The van der Waals surface area contributed by atoms with Gasteiger partial charge in [0.05, 0.1) is 11.6 Å². The molecule has 0 aliphatic carbocycles. The van der Waals surface area contributed by atoms with Gasteiger partial charge in [-0.05, 0) is 12.1 Å². The highest BCUT2D eigenvalue weighted by Crippen LogP contribution is 2.27. The minimum atomic E-state index is -4.51. The summed E-state index contributed by atoms with van der Waals surface area (Å²) in [5, 5.41) is 4.30. The lowest BCUT2D eigenvalue weighted by molar-refractivity contribution is -0.138. The smallest absolute Gasteiger partial charge is 0.405 e. The van der Waals surface area contributed by atoms with Gasteiger partial charge in [-0.3, -0.25) is 9.59 Å². The van der Waals surface area contributed by atoms with Crippen LogP contribution in [0.3, 0.4) is 0 Å². The van der Waals surface area contributed by atoms with Crippen LogP contribution in [0.5, 0.6) is 5.75 Å². The number of ether oxygens (including phenoxy) is 1. The third-order valence-electron chi connectivity index (χ3n) is 2.18. The number of amides is 2. The van der Waals surface area contributed by atoms with Crippen molar-refractivity contribution in [2.75, 3.05) is 19.7 Å². The molecule has 0 aromatic heterocycles. The molecule has 1 aromatic rings. The number of carbonyl (C=O) groups is 2. The summed E-state index contributed by atoms with van der Waals surface area (Å²) in [6.45, 7) is -2.52. The lowest BCUT2D eigenvalue weighted by Crippen LogP contribution is -2.42. The molecule has 0 fully saturated rings. The Morgan fingerprint density at radius 3 is 2.45 bits per heavy atom. The molecule has 22 heavy (non-hydrogen) atoms. The zero-order valence-corrected chi connectivity index (χ0v) is 12.5. The number of halogens is 5. The highest BCUT2D eigenvalue weighted by atomic mass is 35.5. The first-order valence-electron chi connectivity index (χ1n) is 5.85. The van der Waals surface area contributed by atoms with E-state index in [9.17, 15) is 22.8 Å². The van der Waals surface area contributed by atoms with E-state index in [1.807, 2.05) is 0 Å². The molecule has 0 saturated carbocycles. The number of hydrogen-bond acceptors (Lipinski definition) is 3. The van der Waals surface area contributed by atoms with Crippen molar-refractivity contribution in [3.63, 3.8) is 0 Å². The fourth-order valence-corrected chi connectivity index (χ4v) is 1.56. The van der Waals surface area contributed by atoms with Crippen LogP contribution in [-0.2, 0) is 9.59 Å². The zero-order valence-electron chi connectivity index (χ0n) is 11.0. The molecule has 0 heterocycles. The Morgan fingerprint density at radius 1 is 1.14 bits per heavy atom. The quantitative estimate of drug-likeness (QED) is 0.818. The average Bonchev–Trinajstić information content (AvgIpc) is 2.43. The Morgan fingerprint density at radius 2 is 1.82 bits per heavy atom. The van der Waals surface area contributed by atoms with Crippen molar-refractivity contribution in [3.8, 4) is 5.75 Å². The molecule has 10 heteroatoms. The van der Waals surface area contributed by atoms with Crippen LogP contribution in [0.15, 0.2) is 18.2 Å². The maximum Gasteiger partial charge on any atom is 0.405 e. The molecule has 0 aliphatic rings. The average molecular weight is 359 g/mol. The van der Waals surface area contributed by atoms with E-state index in [1.54, 1.807) is 5.32 Å². The molecule has 2 amide bonds. The number of alkyl halides is 3. The summed E-state index contributed by atoms with van der Waals surface area (Å²) >= 11 is 11.5. The molecule has 0 radical (unpaired) electrons. The topological polar surface area (TPSA) is 67.4 Å². The number of nitrogens with one attached hydrogen (secondary N) is 2. The fraction of sp³-hybridized carbons (Fsp3) is 0.333. The molecule has 5 nitrogen and oxygen atoms in total. The molecule has 122 valence electrons. The summed E-state index contributed by atoms with van der Waals surface area (Å²) in [5.74, 6) is -1.49. The van der Waals surface area contributed by atoms with Gasteiger partial charge >= 0.3 is 6.18 Å². The van der Waals surface area contributed by atoms with Gasteiger partial charge < -0.3 is 15.4 Å². The number of rotatable bonds is 6. The minimum Gasteiger partial charge on any atom is -0.482 e. The normalized spacial score (nSPS) is 11.0. The van der Waals surface area contributed by atoms with Crippen LogP contribution < -0.4 is 15.4 Å². The predicted octanol–water partition coefficient (Wildman–Crippen LogP) is 2.17. The SMILES string of the molecule is O=C(CNC(=O)COc1cc(Cl)ccc1Cl)NCC(F)(F)F. The van der Waals surface area contributed by atoms with Gasteiger partial charge in [0.1, 0.15) is 12.3 Å². The summed E-state index contributed by atoms with van der Waals surface area (Å²) in [6, 6.07) is 4.40. The van der Waals surface area contributed by atoms with Gasteiger partial charge in [-0.2, -0.15) is 13.2 Å². The van der Waals surface area contributed by atoms with E-state index in [0.717, 1.165) is 0 Å². The Bertz CT molecular complexity index is 553. The van der Waals surface area contributed by atoms with E-state index in [2.05, 4.69) is 5.32 Å². The van der Waals surface area contributed by atoms with Crippen LogP contribution in [0.25, 0.3) is 0 Å². The fourth-order valence-electron chi connectivity index (χ4n) is 1.22. The van der Waals surface area contributed by atoms with Gasteiger partial charge in [-0.25, -0.2) is 0 Å². The number of carbonyl (C=O) groups excluding carboxylic acids is 2. The van der Waals surface area contributed by atoms with Crippen molar-refractivity contribution in [2.24, 2.45) is 0 Å². The van der Waals surface area contributed by atoms with Crippen molar-refractivity contribution >= 4 is 35.0 Å². The van der Waals surface area contributed by atoms with Crippen LogP contribution in [0, 0.1) is 0 Å². The minimum absolute atomic E-state index is 0.172. The Balaban J connectivity index is 2.32. The van der Waals surface area contributed by atoms with E-state index >= 15 is 0 Å². The second-order valence-electron chi connectivity index (χ2n) is 4.03. The number of benzene rings is 1. The number of hydrogen-bond donors (Lipinski definition) is 2. The molecule has 0 saturated heterocycles. The lowest BCUT2D eigenvalue weighted by Gasteiger charge is -2.10. The molecule has 0 atom stereocenters. The van der Waals surface area contributed by atoms with Crippen LogP contribution in [0.2, 0.25) is 10.0 Å². The van der Waals surface area contributed by atoms with Gasteiger partial charge in [-0.15, -0.1) is 0 Å². The predicted molar refractivity (Wildman–Crippen MR) is 74.0 cm³/mol. The highest BCUT2D eigenvalue weighted by Gasteiger charge is 2.27. The summed E-state index contributed by atoms with van der Waals surface area (Å²) in [4.78, 5) is 22.5. The molecule has 0 spiro atoms. The van der Waals surface area contributed by atoms with Gasteiger partial charge in [0.2, 0.25) is 5.91 Å². The molecule has 0 aliphatic heterocycles. The van der Waals surface area contributed by atoms with Crippen molar-refractivity contribution in [3.05, 3.63) is 28.2 Å². The molecule has 2 N–H and O–H groups in total. The van der Waals surface area contributed by atoms with Gasteiger partial charge in [0, 0.05) is 11.1 Å². The van der Waals surface area contributed by atoms with Crippen molar-refractivity contribution in [2.45, 2.75) is 6.18 Å². The third kappa shape index (κ3) is 7.37. The summed E-state index contributed by atoms with van der Waals surface area (Å²) in [7, 11) is 0. The maximum atomic E-state index is 11.8. The second kappa shape index (κ2) is 8.09. The monoisotopic (exact) mass is 358 g/mol. The van der Waals surface area contributed by atoms with Crippen LogP contribution in [0.4, 0.5) is 13.2 Å². The standard InChI is InChI=1S/C12H11Cl2F3N2O3/c13-7-1-2-8(14)9(3-7)22-5-11(21)18-4-10(20)19-6-12(15,16)17/h1-3H,4-6H2,(H,18,21)(H,19,20). The van der Waals surface area contributed by atoms with E-state index in [0.29, 0.717) is 5.02 Å². The lowest BCUT2D eigenvalue weighted by atomic mass is 10.3. The first kappa shape index (κ1) is 18.4. The first-order valence-corrected chi connectivity index (χ1v) is 6.61. The van der Waals surface area contributed by atoms with Crippen molar-refractivity contribution < 1.29 is 27.5 Å². The second-order valence-corrected chi connectivity index (χ2v) is 4.88. The Labute approximate surface area is 133 Å². The zero-order chi connectivity index (χ0) is 16.8. The molecule has 0 bridgehead atoms. The van der Waals surface area contributed by atoms with E-state index in [-0.39, 0.29) is 10.8 Å². The Kier molecular flexibility index (Phi) is 6.76. The van der Waals surface area contributed by atoms with E-state index in [4.69, 9.17) is 27.9 Å². The van der Waals surface area contributed by atoms with Gasteiger partial charge in [0.25, 0.3) is 5.91 Å². The molecule has 1 aromatic carbocycles. The van der Waals surface area contributed by atoms with Crippen LogP contribution in [-0.4, -0.2) is 37.7 Å². The third-order valence-corrected chi connectivity index (χ3v) is 2.73. The van der Waals surface area contributed by atoms with E-state index < -0.39 is 37.7 Å². The van der Waals surface area contributed by atoms with Crippen LogP contribution in [0.1, 0.15) is 0 Å². The first-order chi connectivity index (χ1) is 10.2. The molecule has 1 rings (SSSR count). The van der Waals surface area contributed by atoms with Gasteiger partial charge in [0.15, 0.2) is 6.61 Å². The molecule has 0 unspecified atom stereocenters. The summed E-state index contributed by atoms with van der Waals surface area (Å²) in [6.07, 6.45) is -4.51. The van der Waals surface area contributed by atoms with Crippen molar-refractivity contribution in [1.29, 1.82) is 0 Å². The largest absolute Gasteiger partial charge is 0.482 e. The van der Waals surface area contributed by atoms with E-state index in [1.165, 1.54) is 18.2 Å². The molecular formula is C12H11Cl2F3N2O3. The van der Waals surface area contributed by atoms with Gasteiger partial charge in [-0.1, -0.05) is 23.2 Å². The summed E-state index contributed by atoms with van der Waals surface area (Å²) < 4.78 is 40.6. The molecular weight excluding hydrogens is 348 g/mol. The Hall–Kier alpha value is -1.67. The highest BCUT2D eigenvalue weighted by molar-refractivity contribution is 6.34. The summed E-state index contributed by atoms with van der Waals surface area (Å²) in [5.41, 5.74) is 0.